The summed E-state index contributed by atoms with van der Waals surface area (Å²) >= 11 is 5.85. The quantitative estimate of drug-likeness (QED) is 0.534. The molecule has 0 heterocycles. The lowest BCUT2D eigenvalue weighted by Gasteiger charge is -2.05. The Labute approximate surface area is 138 Å². The lowest BCUT2D eigenvalue weighted by atomic mass is 10.1. The third-order valence-electron chi connectivity index (χ3n) is 3.42. The second kappa shape index (κ2) is 6.55. The van der Waals surface area contributed by atoms with Gasteiger partial charge in [0.25, 0.3) is 0 Å². The van der Waals surface area contributed by atoms with Crippen LogP contribution in [0.1, 0.15) is 5.56 Å². The van der Waals surface area contributed by atoms with E-state index in [9.17, 15) is 9.90 Å². The fraction of sp³-hybridized carbons (Fsp3) is 0. The molecule has 23 heavy (non-hydrogen) atoms. The molecule has 0 saturated carbocycles. The van der Waals surface area contributed by atoms with Gasteiger partial charge in [0, 0.05) is 11.1 Å². The van der Waals surface area contributed by atoms with Gasteiger partial charge in [-0.15, -0.1) is 0 Å². The SMILES string of the molecule is O=C(C=Cc1ccc2ccccc2c1)Nc1cc(Cl)ccc1O. The fourth-order valence-corrected chi connectivity index (χ4v) is 2.44. The average Bonchev–Trinajstić information content (AvgIpc) is 2.56. The van der Waals surface area contributed by atoms with E-state index in [1.54, 1.807) is 12.1 Å². The number of halogens is 1. The Hall–Kier alpha value is -2.78. The lowest BCUT2D eigenvalue weighted by Crippen LogP contribution is -2.07. The molecular weight excluding hydrogens is 310 g/mol. The highest BCUT2D eigenvalue weighted by molar-refractivity contribution is 6.31. The molecule has 0 aromatic heterocycles. The second-order valence-corrected chi connectivity index (χ2v) is 5.53. The summed E-state index contributed by atoms with van der Waals surface area (Å²) in [6, 6.07) is 18.5. The van der Waals surface area contributed by atoms with Crippen LogP contribution in [-0.2, 0) is 4.79 Å². The highest BCUT2D eigenvalue weighted by Gasteiger charge is 2.04. The van der Waals surface area contributed by atoms with Gasteiger partial charge >= 0.3 is 0 Å². The average molecular weight is 324 g/mol. The Kier molecular flexibility index (Phi) is 4.31. The number of hydrogen-bond donors (Lipinski definition) is 2. The van der Waals surface area contributed by atoms with E-state index in [0.29, 0.717) is 5.02 Å². The normalized spacial score (nSPS) is 11.0. The molecule has 1 amide bonds. The van der Waals surface area contributed by atoms with E-state index in [1.165, 1.54) is 18.2 Å². The molecular formula is C19H14ClNO2. The topological polar surface area (TPSA) is 49.3 Å². The first-order valence-electron chi connectivity index (χ1n) is 7.08. The first-order valence-corrected chi connectivity index (χ1v) is 7.46. The fourth-order valence-electron chi connectivity index (χ4n) is 2.27. The zero-order chi connectivity index (χ0) is 16.2. The number of amides is 1. The molecule has 0 aliphatic heterocycles. The van der Waals surface area contributed by atoms with E-state index in [2.05, 4.69) is 5.32 Å². The van der Waals surface area contributed by atoms with Crippen molar-refractivity contribution in [1.29, 1.82) is 0 Å². The number of phenols is 1. The Morgan fingerprint density at radius 1 is 1.00 bits per heavy atom. The van der Waals surface area contributed by atoms with Crippen molar-refractivity contribution in [1.82, 2.24) is 0 Å². The minimum atomic E-state index is -0.337. The van der Waals surface area contributed by atoms with Crippen molar-refractivity contribution in [3.05, 3.63) is 77.3 Å². The van der Waals surface area contributed by atoms with Gasteiger partial charge in [-0.05, 0) is 46.7 Å². The number of benzene rings is 3. The molecule has 0 saturated heterocycles. The molecule has 0 fully saturated rings. The van der Waals surface area contributed by atoms with Gasteiger partial charge in [0.15, 0.2) is 0 Å². The number of rotatable bonds is 3. The largest absolute Gasteiger partial charge is 0.506 e. The van der Waals surface area contributed by atoms with E-state index in [4.69, 9.17) is 11.6 Å². The summed E-state index contributed by atoms with van der Waals surface area (Å²) in [5, 5.41) is 15.0. The molecule has 4 heteroatoms. The standard InChI is InChI=1S/C19H14ClNO2/c20-16-8-9-18(22)17(12-16)21-19(23)10-6-13-5-7-14-3-1-2-4-15(14)11-13/h1-12,22H,(H,21,23). The first kappa shape index (κ1) is 15.1. The van der Waals surface area contributed by atoms with Crippen LogP contribution in [-0.4, -0.2) is 11.0 Å². The maximum Gasteiger partial charge on any atom is 0.248 e. The highest BCUT2D eigenvalue weighted by Crippen LogP contribution is 2.26. The molecule has 114 valence electrons. The van der Waals surface area contributed by atoms with Crippen molar-refractivity contribution in [2.45, 2.75) is 0 Å². The van der Waals surface area contributed by atoms with Gasteiger partial charge in [0.05, 0.1) is 5.69 Å². The molecule has 3 aromatic rings. The molecule has 0 bridgehead atoms. The van der Waals surface area contributed by atoms with Gasteiger partial charge in [-0.1, -0.05) is 48.0 Å². The van der Waals surface area contributed by atoms with Crippen molar-refractivity contribution in [3.8, 4) is 5.75 Å². The predicted molar refractivity (Wildman–Crippen MR) is 94.7 cm³/mol. The van der Waals surface area contributed by atoms with Crippen molar-refractivity contribution in [3.63, 3.8) is 0 Å². The van der Waals surface area contributed by atoms with Crippen LogP contribution in [0.4, 0.5) is 5.69 Å². The summed E-state index contributed by atoms with van der Waals surface area (Å²) in [5.41, 5.74) is 1.21. The van der Waals surface area contributed by atoms with Crippen LogP contribution in [0.3, 0.4) is 0 Å². The number of fused-ring (bicyclic) bond motifs is 1. The monoisotopic (exact) mass is 323 g/mol. The van der Waals surface area contributed by atoms with Gasteiger partial charge in [-0.25, -0.2) is 0 Å². The van der Waals surface area contributed by atoms with Crippen LogP contribution in [0, 0.1) is 0 Å². The molecule has 3 rings (SSSR count). The first-order chi connectivity index (χ1) is 11.1. The third-order valence-corrected chi connectivity index (χ3v) is 3.65. The predicted octanol–water partition coefficient (Wildman–Crippen LogP) is 4.85. The molecule has 3 aromatic carbocycles. The minimum absolute atomic E-state index is 0.0261. The Balaban J connectivity index is 1.75. The zero-order valence-corrected chi connectivity index (χ0v) is 12.9. The number of nitrogens with one attached hydrogen (secondary N) is 1. The van der Waals surface area contributed by atoms with Crippen LogP contribution >= 0.6 is 11.6 Å². The molecule has 2 N–H and O–H groups in total. The number of anilines is 1. The Morgan fingerprint density at radius 2 is 1.78 bits per heavy atom. The van der Waals surface area contributed by atoms with Crippen molar-refractivity contribution >= 4 is 40.0 Å². The van der Waals surface area contributed by atoms with Gasteiger partial charge in [0.2, 0.25) is 5.91 Å². The number of aromatic hydroxyl groups is 1. The molecule has 0 aliphatic carbocycles. The number of hydrogen-bond acceptors (Lipinski definition) is 2. The summed E-state index contributed by atoms with van der Waals surface area (Å²) < 4.78 is 0. The van der Waals surface area contributed by atoms with Crippen LogP contribution in [0.25, 0.3) is 16.8 Å². The van der Waals surface area contributed by atoms with Crippen LogP contribution < -0.4 is 5.32 Å². The van der Waals surface area contributed by atoms with Crippen LogP contribution in [0.15, 0.2) is 66.7 Å². The van der Waals surface area contributed by atoms with Crippen molar-refractivity contribution in [2.24, 2.45) is 0 Å². The second-order valence-electron chi connectivity index (χ2n) is 5.09. The number of carbonyl (C=O) groups excluding carboxylic acids is 1. The van der Waals surface area contributed by atoms with Crippen LogP contribution in [0.5, 0.6) is 5.75 Å². The van der Waals surface area contributed by atoms with Crippen LogP contribution in [0.2, 0.25) is 5.02 Å². The summed E-state index contributed by atoms with van der Waals surface area (Å²) in [7, 11) is 0. The Morgan fingerprint density at radius 3 is 2.61 bits per heavy atom. The highest BCUT2D eigenvalue weighted by atomic mass is 35.5. The molecule has 3 nitrogen and oxygen atoms in total. The van der Waals surface area contributed by atoms with Crippen molar-refractivity contribution < 1.29 is 9.90 Å². The third kappa shape index (κ3) is 3.71. The molecule has 0 atom stereocenters. The van der Waals surface area contributed by atoms with E-state index < -0.39 is 0 Å². The smallest absolute Gasteiger partial charge is 0.248 e. The minimum Gasteiger partial charge on any atom is -0.506 e. The van der Waals surface area contributed by atoms with Crippen molar-refractivity contribution in [2.75, 3.05) is 5.32 Å². The van der Waals surface area contributed by atoms with Gasteiger partial charge in [0.1, 0.15) is 5.75 Å². The van der Waals surface area contributed by atoms with E-state index in [1.807, 2.05) is 42.5 Å². The van der Waals surface area contributed by atoms with E-state index in [0.717, 1.165) is 16.3 Å². The summed E-state index contributed by atoms with van der Waals surface area (Å²) in [6.07, 6.45) is 3.15. The van der Waals surface area contributed by atoms with Gasteiger partial charge in [-0.2, -0.15) is 0 Å². The van der Waals surface area contributed by atoms with Gasteiger partial charge in [-0.3, -0.25) is 4.79 Å². The molecule has 0 spiro atoms. The molecule has 0 radical (unpaired) electrons. The zero-order valence-electron chi connectivity index (χ0n) is 12.2. The molecule has 0 aliphatic rings. The van der Waals surface area contributed by atoms with E-state index >= 15 is 0 Å². The summed E-state index contributed by atoms with van der Waals surface area (Å²) in [4.78, 5) is 12.0. The summed E-state index contributed by atoms with van der Waals surface area (Å²) in [5.74, 6) is -0.363. The Bertz CT molecular complexity index is 903. The van der Waals surface area contributed by atoms with E-state index in [-0.39, 0.29) is 17.3 Å². The number of carbonyl (C=O) groups is 1. The maximum absolute atomic E-state index is 12.0. The summed E-state index contributed by atoms with van der Waals surface area (Å²) in [6.45, 7) is 0. The molecule has 0 unspecified atom stereocenters. The lowest BCUT2D eigenvalue weighted by molar-refractivity contribution is -0.111. The maximum atomic E-state index is 12.0. The van der Waals surface area contributed by atoms with Gasteiger partial charge < -0.3 is 10.4 Å². The number of phenolic OH excluding ortho intramolecular Hbond substituents is 1.